The monoisotopic (exact) mass is 300 g/mol. The molecule has 0 spiro atoms. The third-order valence-corrected chi connectivity index (χ3v) is 4.23. The number of benzene rings is 1. The van der Waals surface area contributed by atoms with Crippen LogP contribution in [0.25, 0.3) is 10.4 Å². The van der Waals surface area contributed by atoms with Crippen LogP contribution < -0.4 is 9.47 Å². The van der Waals surface area contributed by atoms with E-state index in [-0.39, 0.29) is 0 Å². The highest BCUT2D eigenvalue weighted by Crippen LogP contribution is 2.41. The number of nitrogens with one attached hydrogen (secondary N) is 1. The van der Waals surface area contributed by atoms with Crippen molar-refractivity contribution in [3.05, 3.63) is 53.4 Å². The summed E-state index contributed by atoms with van der Waals surface area (Å²) in [7, 11) is 3.38. The fourth-order valence-corrected chi connectivity index (χ4v) is 3.20. The van der Waals surface area contributed by atoms with E-state index < -0.39 is 0 Å². The van der Waals surface area contributed by atoms with Gasteiger partial charge in [0.15, 0.2) is 0 Å². The van der Waals surface area contributed by atoms with Gasteiger partial charge in [0.25, 0.3) is 0 Å². The lowest BCUT2D eigenvalue weighted by Gasteiger charge is -2.16. The zero-order valence-electron chi connectivity index (χ0n) is 11.9. The van der Waals surface area contributed by atoms with Crippen LogP contribution in [0.3, 0.4) is 0 Å². The summed E-state index contributed by atoms with van der Waals surface area (Å²) in [4.78, 5) is 8.62. The molecule has 0 amide bonds. The Kier molecular flexibility index (Phi) is 3.92. The third-order valence-electron chi connectivity index (χ3n) is 3.34. The van der Waals surface area contributed by atoms with Gasteiger partial charge in [-0.15, -0.1) is 11.3 Å². The van der Waals surface area contributed by atoms with E-state index in [1.54, 1.807) is 31.8 Å². The Balaban J connectivity index is 2.18. The van der Waals surface area contributed by atoms with E-state index in [2.05, 4.69) is 21.4 Å². The number of rotatable bonds is 5. The maximum absolute atomic E-state index is 5.55. The van der Waals surface area contributed by atoms with Crippen LogP contribution in [0.15, 0.2) is 42.0 Å². The van der Waals surface area contributed by atoms with Crippen molar-refractivity contribution in [2.75, 3.05) is 14.2 Å². The van der Waals surface area contributed by atoms with E-state index >= 15 is 0 Å². The second kappa shape index (κ2) is 6.01. The van der Waals surface area contributed by atoms with Crippen molar-refractivity contribution < 1.29 is 9.47 Å². The number of aromatic amines is 1. The van der Waals surface area contributed by atoms with E-state index in [1.165, 1.54) is 0 Å². The van der Waals surface area contributed by atoms with E-state index in [0.29, 0.717) is 6.42 Å². The summed E-state index contributed by atoms with van der Waals surface area (Å²) < 4.78 is 11.1. The molecule has 0 radical (unpaired) electrons. The summed E-state index contributed by atoms with van der Waals surface area (Å²) in [6.07, 6.45) is 4.25. The van der Waals surface area contributed by atoms with Gasteiger partial charge in [0.1, 0.15) is 17.3 Å². The molecule has 2 aromatic heterocycles. The van der Waals surface area contributed by atoms with Crippen molar-refractivity contribution in [3.8, 4) is 21.9 Å². The minimum absolute atomic E-state index is 0.667. The molecule has 0 atom stereocenters. The molecule has 0 aliphatic carbocycles. The second-order valence-corrected chi connectivity index (χ2v) is 5.46. The number of methoxy groups -OCH3 is 2. The first kappa shape index (κ1) is 13.7. The predicted octanol–water partition coefficient (Wildman–Crippen LogP) is 3.75. The van der Waals surface area contributed by atoms with Gasteiger partial charge in [0.05, 0.1) is 14.2 Å². The molecule has 1 aromatic carbocycles. The van der Waals surface area contributed by atoms with Crippen LogP contribution >= 0.6 is 11.3 Å². The molecule has 0 aliphatic heterocycles. The fraction of sp³-hybridized carbons (Fsp3) is 0.188. The van der Waals surface area contributed by atoms with Crippen molar-refractivity contribution in [3.63, 3.8) is 0 Å². The number of imidazole rings is 1. The minimum atomic E-state index is 0.667. The van der Waals surface area contributed by atoms with Gasteiger partial charge < -0.3 is 14.5 Å². The molecule has 3 aromatic rings. The van der Waals surface area contributed by atoms with E-state index in [4.69, 9.17) is 9.47 Å². The van der Waals surface area contributed by atoms with Crippen molar-refractivity contribution in [1.29, 1.82) is 0 Å². The molecule has 0 saturated heterocycles. The van der Waals surface area contributed by atoms with Gasteiger partial charge in [0, 0.05) is 34.8 Å². The summed E-state index contributed by atoms with van der Waals surface area (Å²) >= 11 is 1.69. The first-order valence-electron chi connectivity index (χ1n) is 6.59. The minimum Gasteiger partial charge on any atom is -0.496 e. The maximum atomic E-state index is 5.55. The second-order valence-electron chi connectivity index (χ2n) is 4.51. The van der Waals surface area contributed by atoms with Crippen LogP contribution in [0, 0.1) is 0 Å². The van der Waals surface area contributed by atoms with Crippen LogP contribution in [0.1, 0.15) is 11.4 Å². The molecule has 0 saturated carbocycles. The Morgan fingerprint density at radius 2 is 1.95 bits per heavy atom. The largest absolute Gasteiger partial charge is 0.496 e. The van der Waals surface area contributed by atoms with Crippen LogP contribution in [0.2, 0.25) is 0 Å². The first-order valence-corrected chi connectivity index (χ1v) is 7.47. The molecule has 0 bridgehead atoms. The molecule has 2 heterocycles. The number of hydrogen-bond acceptors (Lipinski definition) is 4. The molecule has 1 N–H and O–H groups in total. The molecular formula is C16H16N2O2S. The molecule has 108 valence electrons. The van der Waals surface area contributed by atoms with Gasteiger partial charge in [-0.3, -0.25) is 0 Å². The fourth-order valence-electron chi connectivity index (χ4n) is 2.40. The third kappa shape index (κ3) is 2.64. The molecule has 3 rings (SSSR count). The normalized spacial score (nSPS) is 10.6. The standard InChI is InChI=1S/C16H16N2O2S/c1-19-12-5-6-13(20-2)16(14-4-3-9-21-14)11(12)10-15-17-7-8-18-15/h3-9H,10H2,1-2H3,(H,17,18). The Bertz CT molecular complexity index is 706. The van der Waals surface area contributed by atoms with Gasteiger partial charge in [0.2, 0.25) is 0 Å². The average Bonchev–Trinajstić information content (AvgIpc) is 3.20. The van der Waals surface area contributed by atoms with E-state index in [9.17, 15) is 0 Å². The summed E-state index contributed by atoms with van der Waals surface area (Å²) in [5.41, 5.74) is 2.15. The molecule has 21 heavy (non-hydrogen) atoms. The van der Waals surface area contributed by atoms with Gasteiger partial charge in [-0.05, 0) is 23.6 Å². The number of hydrogen-bond donors (Lipinski definition) is 1. The zero-order valence-corrected chi connectivity index (χ0v) is 12.7. The SMILES string of the molecule is COc1ccc(OC)c(-c2cccs2)c1Cc1ncc[nH]1. The lowest BCUT2D eigenvalue weighted by Crippen LogP contribution is -2.00. The molecule has 0 fully saturated rings. The maximum Gasteiger partial charge on any atom is 0.128 e. The number of aromatic nitrogens is 2. The average molecular weight is 300 g/mol. The Labute approximate surface area is 127 Å². The molecule has 0 aliphatic rings. The summed E-state index contributed by atoms with van der Waals surface area (Å²) in [5, 5.41) is 2.06. The lowest BCUT2D eigenvalue weighted by molar-refractivity contribution is 0.401. The highest BCUT2D eigenvalue weighted by atomic mass is 32.1. The zero-order chi connectivity index (χ0) is 14.7. The molecule has 0 unspecified atom stereocenters. The summed E-state index contributed by atoms with van der Waals surface area (Å²) in [6, 6.07) is 8.01. The smallest absolute Gasteiger partial charge is 0.128 e. The Morgan fingerprint density at radius 3 is 2.57 bits per heavy atom. The predicted molar refractivity (Wildman–Crippen MR) is 84.3 cm³/mol. The number of H-pyrrole nitrogens is 1. The number of thiophene rings is 1. The van der Waals surface area contributed by atoms with Crippen LogP contribution in [0.4, 0.5) is 0 Å². The van der Waals surface area contributed by atoms with Crippen molar-refractivity contribution in [2.24, 2.45) is 0 Å². The molecule has 5 heteroatoms. The van der Waals surface area contributed by atoms with E-state index in [0.717, 1.165) is 33.3 Å². The molecule has 4 nitrogen and oxygen atoms in total. The quantitative estimate of drug-likeness (QED) is 0.780. The lowest BCUT2D eigenvalue weighted by atomic mass is 10.00. The van der Waals surface area contributed by atoms with Crippen LogP contribution in [-0.4, -0.2) is 24.2 Å². The van der Waals surface area contributed by atoms with Gasteiger partial charge in [-0.25, -0.2) is 4.98 Å². The summed E-state index contributed by atoms with van der Waals surface area (Å²) in [5.74, 6) is 2.59. The van der Waals surface area contributed by atoms with Gasteiger partial charge in [-0.1, -0.05) is 6.07 Å². The highest BCUT2D eigenvalue weighted by molar-refractivity contribution is 7.13. The van der Waals surface area contributed by atoms with Crippen LogP contribution in [0.5, 0.6) is 11.5 Å². The first-order chi connectivity index (χ1) is 10.3. The Hall–Kier alpha value is -2.27. The van der Waals surface area contributed by atoms with Crippen molar-refractivity contribution in [1.82, 2.24) is 9.97 Å². The van der Waals surface area contributed by atoms with E-state index in [1.807, 2.05) is 24.4 Å². The van der Waals surface area contributed by atoms with Gasteiger partial charge >= 0.3 is 0 Å². The van der Waals surface area contributed by atoms with Gasteiger partial charge in [-0.2, -0.15) is 0 Å². The Morgan fingerprint density at radius 1 is 1.14 bits per heavy atom. The summed E-state index contributed by atoms with van der Waals surface area (Å²) in [6.45, 7) is 0. The highest BCUT2D eigenvalue weighted by Gasteiger charge is 2.18. The molecular weight excluding hydrogens is 284 g/mol. The number of nitrogens with zero attached hydrogens (tertiary/aromatic N) is 1. The van der Waals surface area contributed by atoms with Crippen molar-refractivity contribution in [2.45, 2.75) is 6.42 Å². The van der Waals surface area contributed by atoms with Crippen molar-refractivity contribution >= 4 is 11.3 Å². The van der Waals surface area contributed by atoms with Crippen LogP contribution in [-0.2, 0) is 6.42 Å². The topological polar surface area (TPSA) is 47.1 Å². The number of ether oxygens (including phenoxy) is 2.